The van der Waals surface area contributed by atoms with Gasteiger partial charge < -0.3 is 24.4 Å². The lowest BCUT2D eigenvalue weighted by Gasteiger charge is -2.38. The molecular formula is C26H32N2O6. The van der Waals surface area contributed by atoms with Crippen molar-refractivity contribution in [1.82, 2.24) is 9.80 Å². The molecule has 4 rings (SSSR count). The van der Waals surface area contributed by atoms with E-state index in [1.165, 1.54) is 11.0 Å². The van der Waals surface area contributed by atoms with E-state index in [9.17, 15) is 19.5 Å². The number of nitrogens with zero attached hydrogens (tertiary/aromatic N) is 2. The number of hydrogen-bond acceptors (Lipinski definition) is 6. The molecule has 1 spiro atoms. The lowest BCUT2D eigenvalue weighted by Crippen LogP contribution is -2.58. The van der Waals surface area contributed by atoms with Gasteiger partial charge in [0.2, 0.25) is 11.8 Å². The maximum absolute atomic E-state index is 14.1. The highest BCUT2D eigenvalue weighted by Gasteiger charge is 2.75. The molecule has 2 unspecified atom stereocenters. The quantitative estimate of drug-likeness (QED) is 0.415. The lowest BCUT2D eigenvalue weighted by atomic mass is 9.70. The normalized spacial score (nSPS) is 30.1. The number of hydrogen-bond donors (Lipinski definition) is 1. The molecule has 0 radical (unpaired) electrons. The molecule has 1 N–H and O–H groups in total. The number of esters is 1. The first kappa shape index (κ1) is 24.2. The summed E-state index contributed by atoms with van der Waals surface area (Å²) in [4.78, 5) is 43.8. The molecule has 182 valence electrons. The molecule has 2 amide bonds. The second-order valence-electron chi connectivity index (χ2n) is 9.24. The van der Waals surface area contributed by atoms with E-state index in [-0.39, 0.29) is 31.6 Å². The van der Waals surface area contributed by atoms with Crippen LogP contribution in [0.25, 0.3) is 0 Å². The highest BCUT2D eigenvalue weighted by atomic mass is 16.6. The SMILES string of the molecule is C=CCOC(=O)[C@@H]1[C@H]2C(=O)N([C@H](C)CO)C(C(=O)N(CC=C)Cc3ccccc3)C23CC[C@H]1O3. The lowest BCUT2D eigenvalue weighted by molar-refractivity contribution is -0.155. The number of amides is 2. The zero-order valence-electron chi connectivity index (χ0n) is 19.5. The molecule has 34 heavy (non-hydrogen) atoms. The zero-order valence-corrected chi connectivity index (χ0v) is 19.5. The van der Waals surface area contributed by atoms with Gasteiger partial charge in [0.1, 0.15) is 18.2 Å². The van der Waals surface area contributed by atoms with Crippen molar-refractivity contribution in [2.45, 2.75) is 50.1 Å². The average molecular weight is 469 g/mol. The van der Waals surface area contributed by atoms with Crippen LogP contribution in [0, 0.1) is 11.8 Å². The van der Waals surface area contributed by atoms with Crippen LogP contribution in [0.5, 0.6) is 0 Å². The fraction of sp³-hybridized carbons (Fsp3) is 0.500. The van der Waals surface area contributed by atoms with E-state index in [1.807, 2.05) is 30.3 Å². The van der Waals surface area contributed by atoms with Crippen molar-refractivity contribution in [3.63, 3.8) is 0 Å². The van der Waals surface area contributed by atoms with Gasteiger partial charge in [-0.05, 0) is 25.3 Å². The van der Waals surface area contributed by atoms with Crippen LogP contribution in [0.1, 0.15) is 25.3 Å². The summed E-state index contributed by atoms with van der Waals surface area (Å²) in [6, 6.07) is 8.02. The molecule has 3 saturated heterocycles. The third-order valence-corrected chi connectivity index (χ3v) is 7.20. The zero-order chi connectivity index (χ0) is 24.5. The molecule has 8 heteroatoms. The first-order valence-electron chi connectivity index (χ1n) is 11.7. The predicted molar refractivity (Wildman–Crippen MR) is 124 cm³/mol. The van der Waals surface area contributed by atoms with E-state index < -0.39 is 41.6 Å². The largest absolute Gasteiger partial charge is 0.461 e. The molecule has 3 aliphatic rings. The fourth-order valence-electron chi connectivity index (χ4n) is 5.80. The Morgan fingerprint density at radius 2 is 2.06 bits per heavy atom. The van der Waals surface area contributed by atoms with E-state index in [0.29, 0.717) is 19.4 Å². The number of aliphatic hydroxyl groups is 1. The Morgan fingerprint density at radius 1 is 1.32 bits per heavy atom. The molecule has 3 fully saturated rings. The van der Waals surface area contributed by atoms with Crippen molar-refractivity contribution in [3.05, 3.63) is 61.2 Å². The summed E-state index contributed by atoms with van der Waals surface area (Å²) in [6.45, 7) is 9.42. The fourth-order valence-corrected chi connectivity index (χ4v) is 5.80. The van der Waals surface area contributed by atoms with Gasteiger partial charge in [-0.15, -0.1) is 6.58 Å². The van der Waals surface area contributed by atoms with Gasteiger partial charge in [0.25, 0.3) is 0 Å². The maximum Gasteiger partial charge on any atom is 0.312 e. The summed E-state index contributed by atoms with van der Waals surface area (Å²) < 4.78 is 11.7. The molecule has 8 nitrogen and oxygen atoms in total. The molecule has 1 aromatic carbocycles. The van der Waals surface area contributed by atoms with Gasteiger partial charge in [-0.3, -0.25) is 14.4 Å². The van der Waals surface area contributed by atoms with E-state index in [2.05, 4.69) is 13.2 Å². The van der Waals surface area contributed by atoms with Crippen LogP contribution in [-0.4, -0.2) is 76.2 Å². The van der Waals surface area contributed by atoms with Crippen LogP contribution in [-0.2, 0) is 30.4 Å². The highest BCUT2D eigenvalue weighted by Crippen LogP contribution is 2.59. The number of aliphatic hydroxyl groups excluding tert-OH is 1. The minimum absolute atomic E-state index is 0.0409. The standard InChI is InChI=1S/C26H32N2O6/c1-4-13-27(15-18-9-7-6-8-10-18)24(31)22-26-12-11-19(34-26)20(25(32)33-14-5-2)21(26)23(30)28(22)17(3)16-29/h4-10,17,19-22,29H,1-2,11-16H2,3H3/t17-,19-,20+,21+,22?,26?/m1/s1. The second kappa shape index (κ2) is 9.72. The summed E-state index contributed by atoms with van der Waals surface area (Å²) >= 11 is 0. The number of carbonyl (C=O) groups excluding carboxylic acids is 3. The second-order valence-corrected chi connectivity index (χ2v) is 9.24. The summed E-state index contributed by atoms with van der Waals surface area (Å²) in [5.41, 5.74) is -0.184. The van der Waals surface area contributed by atoms with E-state index in [1.54, 1.807) is 17.9 Å². The van der Waals surface area contributed by atoms with Gasteiger partial charge in [0.05, 0.1) is 30.6 Å². The molecule has 1 aromatic rings. The van der Waals surface area contributed by atoms with Crippen LogP contribution in [0.2, 0.25) is 0 Å². The van der Waals surface area contributed by atoms with Gasteiger partial charge in [0, 0.05) is 13.1 Å². The summed E-state index contributed by atoms with van der Waals surface area (Å²) in [5, 5.41) is 9.93. The summed E-state index contributed by atoms with van der Waals surface area (Å²) in [6.07, 6.45) is 3.69. The van der Waals surface area contributed by atoms with Crippen LogP contribution in [0.15, 0.2) is 55.6 Å². The monoisotopic (exact) mass is 468 g/mol. The first-order valence-corrected chi connectivity index (χ1v) is 11.7. The average Bonchev–Trinajstić information content (AvgIpc) is 3.49. The van der Waals surface area contributed by atoms with Crippen molar-refractivity contribution in [3.8, 4) is 0 Å². The Balaban J connectivity index is 1.71. The number of rotatable bonds is 10. The third-order valence-electron chi connectivity index (χ3n) is 7.20. The topological polar surface area (TPSA) is 96.4 Å². The number of ether oxygens (including phenoxy) is 2. The van der Waals surface area contributed by atoms with Crippen molar-refractivity contribution in [1.29, 1.82) is 0 Å². The van der Waals surface area contributed by atoms with E-state index in [4.69, 9.17) is 9.47 Å². The van der Waals surface area contributed by atoms with Gasteiger partial charge in [-0.2, -0.15) is 0 Å². The number of carbonyl (C=O) groups is 3. The minimum Gasteiger partial charge on any atom is -0.461 e. The number of likely N-dealkylation sites (tertiary alicyclic amines) is 1. The maximum atomic E-state index is 14.1. The highest BCUT2D eigenvalue weighted by molar-refractivity contribution is 5.98. The van der Waals surface area contributed by atoms with Gasteiger partial charge >= 0.3 is 5.97 Å². The molecule has 3 heterocycles. The molecule has 0 aliphatic carbocycles. The Kier molecular flexibility index (Phi) is 6.91. The smallest absolute Gasteiger partial charge is 0.312 e. The number of fused-ring (bicyclic) bond motifs is 1. The Hall–Kier alpha value is -2.97. The van der Waals surface area contributed by atoms with Gasteiger partial charge in [0.15, 0.2) is 0 Å². The van der Waals surface area contributed by atoms with Crippen LogP contribution in [0.3, 0.4) is 0 Å². The Bertz CT molecular complexity index is 965. The van der Waals surface area contributed by atoms with Gasteiger partial charge in [-0.1, -0.05) is 49.1 Å². The van der Waals surface area contributed by atoms with E-state index in [0.717, 1.165) is 5.56 Å². The first-order chi connectivity index (χ1) is 16.4. The Labute approximate surface area is 199 Å². The van der Waals surface area contributed by atoms with Crippen LogP contribution >= 0.6 is 0 Å². The van der Waals surface area contributed by atoms with Crippen molar-refractivity contribution >= 4 is 17.8 Å². The Morgan fingerprint density at radius 3 is 2.71 bits per heavy atom. The minimum atomic E-state index is -1.13. The molecule has 2 bridgehead atoms. The van der Waals surface area contributed by atoms with Crippen molar-refractivity contribution in [2.75, 3.05) is 19.8 Å². The van der Waals surface area contributed by atoms with Crippen molar-refractivity contribution < 1.29 is 29.0 Å². The predicted octanol–water partition coefficient (Wildman–Crippen LogP) is 1.69. The van der Waals surface area contributed by atoms with Crippen LogP contribution in [0.4, 0.5) is 0 Å². The van der Waals surface area contributed by atoms with Crippen LogP contribution < -0.4 is 0 Å². The summed E-state index contributed by atoms with van der Waals surface area (Å²) in [7, 11) is 0. The molecular weight excluding hydrogens is 436 g/mol. The number of benzene rings is 1. The van der Waals surface area contributed by atoms with Gasteiger partial charge in [-0.25, -0.2) is 0 Å². The molecule has 0 aromatic heterocycles. The van der Waals surface area contributed by atoms with E-state index >= 15 is 0 Å². The third kappa shape index (κ3) is 3.84. The van der Waals surface area contributed by atoms with Crippen molar-refractivity contribution in [2.24, 2.45) is 11.8 Å². The summed E-state index contributed by atoms with van der Waals surface area (Å²) in [5.74, 6) is -2.74. The molecule has 0 saturated carbocycles. The molecule has 6 atom stereocenters. The molecule has 3 aliphatic heterocycles.